The molecule has 1 heterocycles. The van der Waals surface area contributed by atoms with Crippen molar-refractivity contribution in [2.24, 2.45) is 0 Å². The van der Waals surface area contributed by atoms with Crippen LogP contribution in [0.3, 0.4) is 0 Å². The number of carbonyl (C=O) groups is 1. The summed E-state index contributed by atoms with van der Waals surface area (Å²) in [6.45, 7) is -3.06. The Bertz CT molecular complexity index is 464. The molecule has 0 aliphatic heterocycles. The van der Waals surface area contributed by atoms with E-state index < -0.39 is 49.1 Å². The van der Waals surface area contributed by atoms with Gasteiger partial charge in [-0.05, 0) is 6.07 Å². The molecule has 106 valence electrons. The first-order valence-electron chi connectivity index (χ1n) is 5.03. The third-order valence-electron chi connectivity index (χ3n) is 2.10. The molecule has 0 aliphatic rings. The maximum Gasteiger partial charge on any atom is 0.406 e. The van der Waals surface area contributed by atoms with E-state index in [1.54, 1.807) is 0 Å². The van der Waals surface area contributed by atoms with Crippen molar-refractivity contribution in [3.63, 3.8) is 0 Å². The predicted octanol–water partition coefficient (Wildman–Crippen LogP) is 1.36. The Morgan fingerprint density at radius 3 is 2.53 bits per heavy atom. The largest absolute Gasteiger partial charge is 0.406 e. The van der Waals surface area contributed by atoms with E-state index >= 15 is 0 Å². The van der Waals surface area contributed by atoms with Gasteiger partial charge < -0.3 is 10.0 Å². The van der Waals surface area contributed by atoms with E-state index in [1.165, 1.54) is 0 Å². The Balaban J connectivity index is 3.02. The molecule has 1 aromatic heterocycles. The van der Waals surface area contributed by atoms with Gasteiger partial charge in [-0.25, -0.2) is 9.37 Å². The second kappa shape index (κ2) is 5.91. The summed E-state index contributed by atoms with van der Waals surface area (Å²) in [5.74, 6) is -4.58. The van der Waals surface area contributed by atoms with Gasteiger partial charge in [0.2, 0.25) is 5.95 Å². The van der Waals surface area contributed by atoms with Crippen molar-refractivity contribution in [3.8, 4) is 0 Å². The van der Waals surface area contributed by atoms with Gasteiger partial charge in [0.15, 0.2) is 5.82 Å². The molecule has 9 heteroatoms. The van der Waals surface area contributed by atoms with Gasteiger partial charge in [-0.2, -0.15) is 17.6 Å². The molecular weight excluding hydrogens is 275 g/mol. The zero-order valence-electron chi connectivity index (χ0n) is 9.42. The van der Waals surface area contributed by atoms with E-state index in [0.29, 0.717) is 0 Å². The van der Waals surface area contributed by atoms with Gasteiger partial charge in [0, 0.05) is 12.7 Å². The fraction of sp³-hybridized carbons (Fsp3) is 0.400. The number of pyridine rings is 1. The van der Waals surface area contributed by atoms with Gasteiger partial charge in [0.1, 0.15) is 6.54 Å². The van der Waals surface area contributed by atoms with Crippen LogP contribution in [0.4, 0.5) is 22.0 Å². The Labute approximate surface area is 104 Å². The summed E-state index contributed by atoms with van der Waals surface area (Å²) in [7, 11) is 0. The lowest BCUT2D eigenvalue weighted by Gasteiger charge is -2.23. The molecule has 1 amide bonds. The van der Waals surface area contributed by atoms with Gasteiger partial charge in [-0.1, -0.05) is 0 Å². The summed E-state index contributed by atoms with van der Waals surface area (Å²) in [6, 6.07) is 0.765. The molecule has 0 saturated heterocycles. The van der Waals surface area contributed by atoms with Gasteiger partial charge in [-0.15, -0.1) is 0 Å². The monoisotopic (exact) mass is 284 g/mol. The lowest BCUT2D eigenvalue weighted by molar-refractivity contribution is -0.141. The molecule has 1 N–H and O–H groups in total. The summed E-state index contributed by atoms with van der Waals surface area (Å²) in [6.07, 6.45) is -3.96. The first kappa shape index (κ1) is 15.3. The van der Waals surface area contributed by atoms with Gasteiger partial charge >= 0.3 is 6.18 Å². The highest BCUT2D eigenvalue weighted by Gasteiger charge is 2.34. The lowest BCUT2D eigenvalue weighted by Crippen LogP contribution is -2.41. The van der Waals surface area contributed by atoms with Crippen LogP contribution in [-0.4, -0.2) is 46.8 Å². The van der Waals surface area contributed by atoms with Crippen molar-refractivity contribution in [1.82, 2.24) is 9.88 Å². The minimum absolute atomic E-state index is 0.178. The van der Waals surface area contributed by atoms with Crippen LogP contribution in [0.1, 0.15) is 10.4 Å². The van der Waals surface area contributed by atoms with Gasteiger partial charge in [0.25, 0.3) is 5.91 Å². The highest BCUT2D eigenvalue weighted by molar-refractivity contribution is 5.94. The molecule has 0 atom stereocenters. The average Bonchev–Trinajstić information content (AvgIpc) is 2.30. The highest BCUT2D eigenvalue weighted by atomic mass is 19.4. The molecule has 0 saturated carbocycles. The van der Waals surface area contributed by atoms with E-state index in [4.69, 9.17) is 5.11 Å². The molecule has 4 nitrogen and oxygen atoms in total. The first-order valence-corrected chi connectivity index (χ1v) is 5.03. The minimum Gasteiger partial charge on any atom is -0.395 e. The molecule has 0 aliphatic carbocycles. The normalized spacial score (nSPS) is 11.5. The number of rotatable bonds is 4. The number of alkyl halides is 3. The Morgan fingerprint density at radius 1 is 1.37 bits per heavy atom. The molecule has 19 heavy (non-hydrogen) atoms. The second-order valence-corrected chi connectivity index (χ2v) is 3.53. The summed E-state index contributed by atoms with van der Waals surface area (Å²) in [4.78, 5) is 14.8. The number of hydrogen-bond acceptors (Lipinski definition) is 3. The number of hydrogen-bond donors (Lipinski definition) is 1. The minimum atomic E-state index is -4.72. The Morgan fingerprint density at radius 2 is 2.00 bits per heavy atom. The van der Waals surface area contributed by atoms with E-state index in [-0.39, 0.29) is 4.90 Å². The van der Waals surface area contributed by atoms with Crippen LogP contribution in [0.25, 0.3) is 0 Å². The molecule has 0 fully saturated rings. The van der Waals surface area contributed by atoms with Crippen LogP contribution >= 0.6 is 0 Å². The van der Waals surface area contributed by atoms with Gasteiger partial charge in [-0.3, -0.25) is 4.79 Å². The van der Waals surface area contributed by atoms with Crippen LogP contribution in [0, 0.1) is 11.8 Å². The quantitative estimate of drug-likeness (QED) is 0.671. The Hall–Kier alpha value is -1.77. The maximum absolute atomic E-state index is 13.3. The van der Waals surface area contributed by atoms with Crippen LogP contribution in [0.2, 0.25) is 0 Å². The van der Waals surface area contributed by atoms with Crippen molar-refractivity contribution in [1.29, 1.82) is 0 Å². The molecule has 0 unspecified atom stereocenters. The van der Waals surface area contributed by atoms with Crippen LogP contribution < -0.4 is 0 Å². The number of aliphatic hydroxyl groups is 1. The first-order chi connectivity index (χ1) is 8.76. The average molecular weight is 284 g/mol. The third-order valence-corrected chi connectivity index (χ3v) is 2.10. The molecule has 0 bridgehead atoms. The number of aromatic nitrogens is 1. The molecule has 1 rings (SSSR count). The molecule has 0 spiro atoms. The number of aliphatic hydroxyl groups excluding tert-OH is 1. The van der Waals surface area contributed by atoms with Crippen molar-refractivity contribution in [3.05, 3.63) is 29.6 Å². The SMILES string of the molecule is O=C(c1ccnc(F)c1F)N(CCO)CC(F)(F)F. The third kappa shape index (κ3) is 4.12. The van der Waals surface area contributed by atoms with Crippen LogP contribution in [0.5, 0.6) is 0 Å². The summed E-state index contributed by atoms with van der Waals surface area (Å²) >= 11 is 0. The molecule has 0 aromatic carbocycles. The fourth-order valence-corrected chi connectivity index (χ4v) is 1.34. The highest BCUT2D eigenvalue weighted by Crippen LogP contribution is 2.19. The zero-order valence-corrected chi connectivity index (χ0v) is 9.42. The van der Waals surface area contributed by atoms with E-state index in [9.17, 15) is 26.7 Å². The second-order valence-electron chi connectivity index (χ2n) is 3.53. The Kier molecular flexibility index (Phi) is 4.76. The van der Waals surface area contributed by atoms with Gasteiger partial charge in [0.05, 0.1) is 12.2 Å². The predicted molar refractivity (Wildman–Crippen MR) is 53.2 cm³/mol. The summed E-state index contributed by atoms with van der Waals surface area (Å²) in [5.41, 5.74) is -0.870. The number of amides is 1. The maximum atomic E-state index is 13.3. The van der Waals surface area contributed by atoms with Crippen molar-refractivity contribution < 1.29 is 31.9 Å². The molecular formula is C10H9F5N2O2. The number of carbonyl (C=O) groups excluding carboxylic acids is 1. The van der Waals surface area contributed by atoms with E-state index in [1.807, 2.05) is 0 Å². The molecule has 0 radical (unpaired) electrons. The summed E-state index contributed by atoms with van der Waals surface area (Å²) < 4.78 is 62.7. The van der Waals surface area contributed by atoms with Crippen molar-refractivity contribution in [2.75, 3.05) is 19.7 Å². The molecule has 1 aromatic rings. The smallest absolute Gasteiger partial charge is 0.395 e. The van der Waals surface area contributed by atoms with E-state index in [0.717, 1.165) is 12.3 Å². The van der Waals surface area contributed by atoms with Crippen molar-refractivity contribution in [2.45, 2.75) is 6.18 Å². The van der Waals surface area contributed by atoms with Crippen LogP contribution in [0.15, 0.2) is 12.3 Å². The fourth-order valence-electron chi connectivity index (χ4n) is 1.34. The number of halogens is 5. The van der Waals surface area contributed by atoms with Crippen molar-refractivity contribution >= 4 is 5.91 Å². The topological polar surface area (TPSA) is 53.4 Å². The van der Waals surface area contributed by atoms with E-state index in [2.05, 4.69) is 4.98 Å². The van der Waals surface area contributed by atoms with Crippen LogP contribution in [-0.2, 0) is 0 Å². The standard InChI is InChI=1S/C10H9F5N2O2/c11-7-6(1-2-16-8(7)12)9(19)17(3-4-18)5-10(13,14)15/h1-2,18H,3-5H2. The zero-order chi connectivity index (χ0) is 14.6. The lowest BCUT2D eigenvalue weighted by atomic mass is 10.2. The number of nitrogens with zero attached hydrogens (tertiary/aromatic N) is 2. The summed E-state index contributed by atoms with van der Waals surface area (Å²) in [5, 5.41) is 8.61.